The summed E-state index contributed by atoms with van der Waals surface area (Å²) in [7, 11) is 0. The Kier molecular flexibility index (Phi) is 3.26. The summed E-state index contributed by atoms with van der Waals surface area (Å²) in [6.45, 7) is 14.0. The summed E-state index contributed by atoms with van der Waals surface area (Å²) in [6.07, 6.45) is 9.36. The Morgan fingerprint density at radius 1 is 1.04 bits per heavy atom. The van der Waals surface area contributed by atoms with E-state index < -0.39 is 0 Å². The van der Waals surface area contributed by atoms with Gasteiger partial charge in [-0.15, -0.1) is 0 Å². The van der Waals surface area contributed by atoms with E-state index >= 15 is 0 Å². The molecule has 0 heterocycles. The lowest BCUT2D eigenvalue weighted by atomic mass is 9.48. The van der Waals surface area contributed by atoms with Gasteiger partial charge in [-0.3, -0.25) is 0 Å². The molecule has 0 saturated heterocycles. The van der Waals surface area contributed by atoms with Gasteiger partial charge in [-0.1, -0.05) is 56.7 Å². The molecular weight excluding hydrogens is 300 g/mol. The Morgan fingerprint density at radius 3 is 2.60 bits per heavy atom. The first-order valence-corrected chi connectivity index (χ1v) is 10.3. The predicted molar refractivity (Wildman–Crippen MR) is 107 cm³/mol. The van der Waals surface area contributed by atoms with E-state index in [2.05, 4.69) is 52.5 Å². The van der Waals surface area contributed by atoms with Crippen LogP contribution in [0.25, 0.3) is 6.08 Å². The second kappa shape index (κ2) is 5.12. The van der Waals surface area contributed by atoms with Gasteiger partial charge in [0, 0.05) is 0 Å². The fourth-order valence-corrected chi connectivity index (χ4v) is 6.64. The molecule has 0 aromatic heterocycles. The number of fused-ring (bicyclic) bond motifs is 1. The van der Waals surface area contributed by atoms with Gasteiger partial charge in [0.05, 0.1) is 0 Å². The van der Waals surface area contributed by atoms with E-state index in [1.165, 1.54) is 48.8 Å². The topological polar surface area (TPSA) is 0 Å². The normalized spacial score (nSPS) is 35.9. The minimum absolute atomic E-state index is 0.219. The third-order valence-electron chi connectivity index (χ3n) is 7.77. The van der Waals surface area contributed by atoms with Crippen LogP contribution < -0.4 is 0 Å². The lowest BCUT2D eigenvalue weighted by Gasteiger charge is -2.56. The van der Waals surface area contributed by atoms with Gasteiger partial charge in [0.15, 0.2) is 0 Å². The number of benzene rings is 1. The van der Waals surface area contributed by atoms with Gasteiger partial charge in [0.25, 0.3) is 0 Å². The van der Waals surface area contributed by atoms with Gasteiger partial charge in [0.1, 0.15) is 0 Å². The zero-order chi connectivity index (χ0) is 17.5. The van der Waals surface area contributed by atoms with Crippen LogP contribution in [0.4, 0.5) is 0 Å². The fourth-order valence-electron chi connectivity index (χ4n) is 6.64. The number of hydrogen-bond acceptors (Lipinski definition) is 0. The minimum atomic E-state index is 0.219. The van der Waals surface area contributed by atoms with Crippen LogP contribution in [0.3, 0.4) is 0 Å². The Bertz CT molecular complexity index is 785. The average molecular weight is 333 g/mol. The highest BCUT2D eigenvalue weighted by atomic mass is 14.6. The highest BCUT2D eigenvalue weighted by Gasteiger charge is 2.51. The van der Waals surface area contributed by atoms with Crippen LogP contribution >= 0.6 is 0 Å². The summed E-state index contributed by atoms with van der Waals surface area (Å²) in [6, 6.07) is 5.08. The number of rotatable bonds is 1. The molecular formula is C25H32. The van der Waals surface area contributed by atoms with Crippen molar-refractivity contribution in [3.8, 4) is 0 Å². The molecule has 0 N–H and O–H groups in total. The molecule has 132 valence electrons. The van der Waals surface area contributed by atoms with Gasteiger partial charge < -0.3 is 0 Å². The maximum Gasteiger partial charge on any atom is -0.00578 e. The van der Waals surface area contributed by atoms with Crippen molar-refractivity contribution in [3.63, 3.8) is 0 Å². The van der Waals surface area contributed by atoms with Crippen molar-refractivity contribution in [2.45, 2.75) is 71.1 Å². The van der Waals surface area contributed by atoms with Crippen molar-refractivity contribution in [1.29, 1.82) is 0 Å². The Hall–Kier alpha value is -1.30. The molecule has 6 rings (SSSR count). The molecule has 5 aliphatic carbocycles. The summed E-state index contributed by atoms with van der Waals surface area (Å²) < 4.78 is 0. The van der Waals surface area contributed by atoms with E-state index in [0.717, 1.165) is 29.6 Å². The highest BCUT2D eigenvalue weighted by molar-refractivity contribution is 5.67. The van der Waals surface area contributed by atoms with Crippen LogP contribution in [-0.2, 0) is 11.8 Å². The third kappa shape index (κ3) is 2.32. The smallest absolute Gasteiger partial charge is 0.00578 e. The first-order chi connectivity index (χ1) is 11.8. The fraction of sp³-hybridized carbons (Fsp3) is 0.600. The Balaban J connectivity index is 1.65. The molecule has 5 unspecified atom stereocenters. The Morgan fingerprint density at radius 2 is 1.84 bits per heavy atom. The maximum absolute atomic E-state index is 4.60. The zero-order valence-corrected chi connectivity index (χ0v) is 16.4. The predicted octanol–water partition coefficient (Wildman–Crippen LogP) is 6.65. The zero-order valence-electron chi connectivity index (χ0n) is 16.4. The number of allylic oxidation sites excluding steroid dienone is 2. The molecule has 1 aromatic carbocycles. The lowest BCUT2D eigenvalue weighted by Crippen LogP contribution is -2.45. The summed E-state index contributed by atoms with van der Waals surface area (Å²) in [4.78, 5) is 0. The van der Waals surface area contributed by atoms with E-state index in [4.69, 9.17) is 0 Å². The van der Waals surface area contributed by atoms with Crippen molar-refractivity contribution in [1.82, 2.24) is 0 Å². The van der Waals surface area contributed by atoms with Crippen molar-refractivity contribution < 1.29 is 0 Å². The largest absolute Gasteiger partial charge is 0.0993 e. The minimum Gasteiger partial charge on any atom is -0.0993 e. The first-order valence-electron chi connectivity index (χ1n) is 10.3. The van der Waals surface area contributed by atoms with Crippen LogP contribution in [0.1, 0.15) is 81.5 Å². The van der Waals surface area contributed by atoms with Crippen LogP contribution in [0.15, 0.2) is 29.9 Å². The second-order valence-electron chi connectivity index (χ2n) is 10.5. The van der Waals surface area contributed by atoms with Crippen LogP contribution in [0.2, 0.25) is 0 Å². The first kappa shape index (κ1) is 15.9. The summed E-state index contributed by atoms with van der Waals surface area (Å²) in [5.41, 5.74) is 9.74. The highest BCUT2D eigenvalue weighted by Crippen LogP contribution is 2.62. The number of hydrogen-bond donors (Lipinski definition) is 0. The standard InChI is InChI=1S/C25H32/c1-14-6-18-12-20(25(3,4)5)13-23(22(18)7-14)24-19-9-16-8-17(11-19)15(2)21(24)10-16/h6,12-13,16-17,19,21,24H,2,7-11H2,1,3-5H3. The summed E-state index contributed by atoms with van der Waals surface area (Å²) >= 11 is 0. The summed E-state index contributed by atoms with van der Waals surface area (Å²) in [5.74, 6) is 4.26. The maximum atomic E-state index is 4.60. The van der Waals surface area contributed by atoms with E-state index in [1.54, 1.807) is 16.7 Å². The molecule has 4 fully saturated rings. The monoisotopic (exact) mass is 332 g/mol. The van der Waals surface area contributed by atoms with Crippen LogP contribution in [0.5, 0.6) is 0 Å². The molecule has 0 amide bonds. The van der Waals surface area contributed by atoms with Gasteiger partial charge in [-0.25, -0.2) is 0 Å². The van der Waals surface area contributed by atoms with Crippen molar-refractivity contribution in [2.75, 3.05) is 0 Å². The van der Waals surface area contributed by atoms with Crippen molar-refractivity contribution in [2.24, 2.45) is 23.7 Å². The van der Waals surface area contributed by atoms with E-state index in [0.29, 0.717) is 0 Å². The molecule has 0 heteroatoms. The second-order valence-corrected chi connectivity index (χ2v) is 10.5. The van der Waals surface area contributed by atoms with E-state index in [9.17, 15) is 0 Å². The van der Waals surface area contributed by atoms with Gasteiger partial charge >= 0.3 is 0 Å². The van der Waals surface area contributed by atoms with E-state index in [1.807, 2.05) is 0 Å². The molecule has 0 spiro atoms. The van der Waals surface area contributed by atoms with Crippen LogP contribution in [0, 0.1) is 23.7 Å². The average Bonchev–Trinajstić information content (AvgIpc) is 2.90. The van der Waals surface area contributed by atoms with E-state index in [-0.39, 0.29) is 5.41 Å². The van der Waals surface area contributed by atoms with Crippen LogP contribution in [-0.4, -0.2) is 0 Å². The third-order valence-corrected chi connectivity index (χ3v) is 7.77. The molecule has 0 nitrogen and oxygen atoms in total. The summed E-state index contributed by atoms with van der Waals surface area (Å²) in [5, 5.41) is 0. The molecule has 0 radical (unpaired) electrons. The molecule has 5 aliphatic rings. The quantitative estimate of drug-likeness (QED) is 0.505. The van der Waals surface area contributed by atoms with Gasteiger partial charge in [0.2, 0.25) is 0 Å². The molecule has 1 aromatic rings. The van der Waals surface area contributed by atoms with Crippen molar-refractivity contribution in [3.05, 3.63) is 52.1 Å². The van der Waals surface area contributed by atoms with Gasteiger partial charge in [-0.05, 0) is 96.3 Å². The van der Waals surface area contributed by atoms with Gasteiger partial charge in [-0.2, -0.15) is 0 Å². The molecule has 0 aliphatic heterocycles. The molecule has 4 saturated carbocycles. The molecule has 5 atom stereocenters. The Labute approximate surface area is 153 Å². The lowest BCUT2D eigenvalue weighted by molar-refractivity contribution is 0.0455. The molecule has 4 bridgehead atoms. The van der Waals surface area contributed by atoms with Crippen molar-refractivity contribution >= 4 is 6.08 Å². The SMILES string of the molecule is C=C1C2CC3CC(C2)C(c2cc(C(C)(C)C)cc4c2CC(C)=C4)C1C3. The molecule has 25 heavy (non-hydrogen) atoms.